The van der Waals surface area contributed by atoms with Gasteiger partial charge in [-0.05, 0) is 36.8 Å². The van der Waals surface area contributed by atoms with Crippen molar-refractivity contribution in [3.8, 4) is 0 Å². The molecule has 2 aliphatic carbocycles. The van der Waals surface area contributed by atoms with E-state index in [9.17, 15) is 9.59 Å². The highest BCUT2D eigenvalue weighted by atomic mass is 16.2. The lowest BCUT2D eigenvalue weighted by Gasteiger charge is -2.22. The molecule has 4 unspecified atom stereocenters. The Morgan fingerprint density at radius 3 is 1.39 bits per heavy atom. The molecule has 2 fully saturated rings. The van der Waals surface area contributed by atoms with Gasteiger partial charge < -0.3 is 22.1 Å². The number of benzene rings is 2. The molecular weight excluding hydrogens is 480 g/mol. The number of carbonyl (C=O) groups excluding carboxylic acids is 2. The summed E-state index contributed by atoms with van der Waals surface area (Å²) in [6.07, 6.45) is 4.70. The molecule has 0 saturated heterocycles. The normalized spacial score (nSPS) is 21.2. The second-order valence-corrected chi connectivity index (χ2v) is 10.1. The third kappa shape index (κ3) is 7.24. The number of nitrogens with two attached hydrogens (primary N) is 2. The van der Waals surface area contributed by atoms with Crippen LogP contribution >= 0.6 is 0 Å². The molecule has 2 aromatic rings. The predicted molar refractivity (Wildman–Crippen MR) is 148 cm³/mol. The van der Waals surface area contributed by atoms with E-state index in [2.05, 4.69) is 34.9 Å². The lowest BCUT2D eigenvalue weighted by molar-refractivity contribution is 0.216. The van der Waals surface area contributed by atoms with Crippen LogP contribution < -0.4 is 22.1 Å². The first-order chi connectivity index (χ1) is 18.3. The highest BCUT2D eigenvalue weighted by molar-refractivity contribution is 5.94. The maximum atomic E-state index is 12.7. The standard InChI is InChI=1S/C28H38N8O2/c29-25(30)35(27(37)33-23-17-21(23)19-11-5-3-6-12-19)15-9-1-2-10-16-36(26(31)32)28(38)34-24-18-22(24)20-13-7-4-8-14-20/h3-8,11-14,21-24H,1-2,9-10,15-18H2,(H3,29,30)(H3,31,32)(H,33,37)(H,34,38). The summed E-state index contributed by atoms with van der Waals surface area (Å²) in [6.45, 7) is 0.701. The number of unbranched alkanes of at least 4 members (excludes halogenated alkanes) is 3. The zero-order chi connectivity index (χ0) is 27.1. The molecule has 38 heavy (non-hydrogen) atoms. The van der Waals surface area contributed by atoms with E-state index in [1.54, 1.807) is 0 Å². The Morgan fingerprint density at radius 1 is 0.684 bits per heavy atom. The van der Waals surface area contributed by atoms with E-state index < -0.39 is 0 Å². The van der Waals surface area contributed by atoms with Crippen molar-refractivity contribution in [2.75, 3.05) is 13.1 Å². The van der Waals surface area contributed by atoms with Gasteiger partial charge in [0.05, 0.1) is 0 Å². The van der Waals surface area contributed by atoms with Gasteiger partial charge in [0, 0.05) is 37.0 Å². The fraction of sp³-hybridized carbons (Fsp3) is 0.429. The van der Waals surface area contributed by atoms with E-state index in [0.29, 0.717) is 37.8 Å². The van der Waals surface area contributed by atoms with Crippen molar-refractivity contribution in [3.63, 3.8) is 0 Å². The van der Waals surface area contributed by atoms with Gasteiger partial charge in [-0.25, -0.2) is 9.59 Å². The highest BCUT2D eigenvalue weighted by Crippen LogP contribution is 2.41. The lowest BCUT2D eigenvalue weighted by atomic mass is 10.1. The molecule has 2 aliphatic rings. The van der Waals surface area contributed by atoms with Crippen LogP contribution in [0.15, 0.2) is 60.7 Å². The van der Waals surface area contributed by atoms with Crippen LogP contribution in [0.4, 0.5) is 9.59 Å². The van der Waals surface area contributed by atoms with Gasteiger partial charge >= 0.3 is 12.1 Å². The molecule has 8 N–H and O–H groups in total. The van der Waals surface area contributed by atoms with Crippen molar-refractivity contribution >= 4 is 24.0 Å². The molecule has 202 valence electrons. The number of carbonyl (C=O) groups is 2. The molecule has 2 saturated carbocycles. The Labute approximate surface area is 223 Å². The molecule has 10 nitrogen and oxygen atoms in total. The Hall–Kier alpha value is -4.08. The smallest absolute Gasteiger partial charge is 0.324 e. The second-order valence-electron chi connectivity index (χ2n) is 10.1. The zero-order valence-corrected chi connectivity index (χ0v) is 21.6. The summed E-state index contributed by atoms with van der Waals surface area (Å²) in [5.74, 6) is 0.0690. The van der Waals surface area contributed by atoms with Gasteiger partial charge in [0.25, 0.3) is 0 Å². The summed E-state index contributed by atoms with van der Waals surface area (Å²) in [4.78, 5) is 27.9. The fourth-order valence-electron chi connectivity index (χ4n) is 4.88. The number of nitrogens with zero attached hydrogens (tertiary/aromatic N) is 2. The monoisotopic (exact) mass is 518 g/mol. The average Bonchev–Trinajstić information content (AvgIpc) is 3.83. The first-order valence-corrected chi connectivity index (χ1v) is 13.3. The number of guanidine groups is 2. The molecule has 0 bridgehead atoms. The van der Waals surface area contributed by atoms with Crippen molar-refractivity contribution in [2.45, 2.75) is 62.4 Å². The van der Waals surface area contributed by atoms with E-state index in [4.69, 9.17) is 22.3 Å². The third-order valence-electron chi connectivity index (χ3n) is 7.24. The van der Waals surface area contributed by atoms with E-state index in [0.717, 1.165) is 25.7 Å². The van der Waals surface area contributed by atoms with E-state index >= 15 is 0 Å². The van der Waals surface area contributed by atoms with Gasteiger partial charge in [-0.2, -0.15) is 0 Å². The summed E-state index contributed by atoms with van der Waals surface area (Å²) in [5.41, 5.74) is 13.8. The Morgan fingerprint density at radius 2 is 1.05 bits per heavy atom. The molecule has 0 aromatic heterocycles. The van der Waals surface area contributed by atoms with Crippen LogP contribution in [-0.2, 0) is 0 Å². The van der Waals surface area contributed by atoms with Crippen molar-refractivity contribution in [3.05, 3.63) is 71.8 Å². The summed E-state index contributed by atoms with van der Waals surface area (Å²) in [6, 6.07) is 19.6. The lowest BCUT2D eigenvalue weighted by Crippen LogP contribution is -2.48. The number of nitrogens with one attached hydrogen (secondary N) is 4. The topological polar surface area (TPSA) is 164 Å². The quantitative estimate of drug-likeness (QED) is 0.152. The third-order valence-corrected chi connectivity index (χ3v) is 7.24. The molecule has 4 rings (SSSR count). The van der Waals surface area contributed by atoms with Crippen LogP contribution in [0, 0.1) is 10.8 Å². The number of hydrogen-bond donors (Lipinski definition) is 6. The fourth-order valence-corrected chi connectivity index (χ4v) is 4.88. The number of hydrogen-bond acceptors (Lipinski definition) is 4. The van der Waals surface area contributed by atoms with Crippen LogP contribution in [-0.4, -0.2) is 59.0 Å². The molecule has 0 radical (unpaired) electrons. The zero-order valence-electron chi connectivity index (χ0n) is 21.6. The maximum absolute atomic E-state index is 12.7. The van der Waals surface area contributed by atoms with Crippen LogP contribution in [0.2, 0.25) is 0 Å². The average molecular weight is 519 g/mol. The molecular formula is C28H38N8O2. The summed E-state index contributed by atoms with van der Waals surface area (Å²) >= 11 is 0. The molecule has 4 atom stereocenters. The second kappa shape index (κ2) is 12.4. The van der Waals surface area contributed by atoms with Crippen LogP contribution in [0.25, 0.3) is 0 Å². The number of rotatable bonds is 11. The van der Waals surface area contributed by atoms with Crippen LogP contribution in [0.1, 0.15) is 61.5 Å². The van der Waals surface area contributed by atoms with Crippen molar-refractivity contribution < 1.29 is 9.59 Å². The molecule has 0 spiro atoms. The van der Waals surface area contributed by atoms with Gasteiger partial charge in [-0.15, -0.1) is 0 Å². The van der Waals surface area contributed by atoms with Gasteiger partial charge in [0.2, 0.25) is 0 Å². The van der Waals surface area contributed by atoms with E-state index in [1.807, 2.05) is 36.4 Å². The Bertz CT molecular complexity index is 1040. The summed E-state index contributed by atoms with van der Waals surface area (Å²) < 4.78 is 0. The van der Waals surface area contributed by atoms with E-state index in [-0.39, 0.29) is 36.1 Å². The summed E-state index contributed by atoms with van der Waals surface area (Å²) in [7, 11) is 0. The van der Waals surface area contributed by atoms with Crippen molar-refractivity contribution in [1.82, 2.24) is 20.4 Å². The minimum absolute atomic E-state index is 0.0640. The first kappa shape index (κ1) is 27.0. The highest BCUT2D eigenvalue weighted by Gasteiger charge is 2.41. The molecule has 0 aliphatic heterocycles. The van der Waals surface area contributed by atoms with Gasteiger partial charge in [-0.1, -0.05) is 73.5 Å². The van der Waals surface area contributed by atoms with Crippen LogP contribution in [0.5, 0.6) is 0 Å². The number of urea groups is 2. The molecule has 2 aromatic carbocycles. The van der Waals surface area contributed by atoms with Crippen molar-refractivity contribution in [2.24, 2.45) is 11.5 Å². The molecule has 4 amide bonds. The summed E-state index contributed by atoms with van der Waals surface area (Å²) in [5, 5.41) is 21.6. The molecule has 0 heterocycles. The largest absolute Gasteiger partial charge is 0.370 e. The minimum atomic E-state index is -0.339. The van der Waals surface area contributed by atoms with E-state index in [1.165, 1.54) is 20.9 Å². The molecule has 10 heteroatoms. The maximum Gasteiger partial charge on any atom is 0.324 e. The van der Waals surface area contributed by atoms with Crippen molar-refractivity contribution in [1.29, 1.82) is 10.8 Å². The first-order valence-electron chi connectivity index (χ1n) is 13.3. The Kier molecular flexibility index (Phi) is 8.83. The Balaban J connectivity index is 1.13. The number of amides is 4. The van der Waals surface area contributed by atoms with Gasteiger partial charge in [0.1, 0.15) is 0 Å². The predicted octanol–water partition coefficient (Wildman–Crippen LogP) is 3.47. The van der Waals surface area contributed by atoms with Gasteiger partial charge in [0.15, 0.2) is 11.9 Å². The van der Waals surface area contributed by atoms with Crippen LogP contribution in [0.3, 0.4) is 0 Å². The van der Waals surface area contributed by atoms with Gasteiger partial charge in [-0.3, -0.25) is 20.6 Å². The SMILES string of the molecule is N=C(N)N(CCCCCCN(C(=N)N)C(=O)NC1CC1c1ccccc1)C(=O)NC1CC1c1ccccc1. The minimum Gasteiger partial charge on any atom is -0.370 e.